The number of allylic oxidation sites excluding steroid dienone is 4. The number of aliphatic hydroxyl groups is 3. The van der Waals surface area contributed by atoms with E-state index in [1.54, 1.807) is 0 Å². The molecule has 0 radical (unpaired) electrons. The summed E-state index contributed by atoms with van der Waals surface area (Å²) < 4.78 is 86.9. The molecular formula is C33H54O13S2. The van der Waals surface area contributed by atoms with Crippen LogP contribution in [0.4, 0.5) is 0 Å². The molecular weight excluding hydrogens is 668 g/mol. The second kappa shape index (κ2) is 13.5. The van der Waals surface area contributed by atoms with E-state index in [1.807, 2.05) is 6.92 Å². The third-order valence-electron chi connectivity index (χ3n) is 12.5. The average molecular weight is 723 g/mol. The fourth-order valence-electron chi connectivity index (χ4n) is 10.3. The SMILES string of the molecule is CC(C)=CCC[C@](C)(O)[C@H]1CCC2C3C[C@H](O[C@@H]4O[C@H](C)[C@@H](OS(=O)(=O)O)[C@H](O)[C@H]4O)[C@H]4C[C@@H](OS(=O)(=O)O)CC[C@]4(C)C3=CC[C@@]21C. The molecule has 0 amide bonds. The molecule has 14 atom stereocenters. The van der Waals surface area contributed by atoms with Crippen molar-refractivity contribution in [2.24, 2.45) is 34.5 Å². The molecule has 0 aromatic heterocycles. The van der Waals surface area contributed by atoms with Gasteiger partial charge in [-0.15, -0.1) is 0 Å². The van der Waals surface area contributed by atoms with E-state index >= 15 is 0 Å². The predicted molar refractivity (Wildman–Crippen MR) is 174 cm³/mol. The average Bonchev–Trinajstić information content (AvgIpc) is 3.31. The van der Waals surface area contributed by atoms with Gasteiger partial charge >= 0.3 is 20.8 Å². The second-order valence-corrected chi connectivity index (χ2v) is 18.0. The molecule has 13 nitrogen and oxygen atoms in total. The van der Waals surface area contributed by atoms with Gasteiger partial charge in [-0.05, 0) is 120 Å². The Balaban J connectivity index is 1.45. The minimum absolute atomic E-state index is 0.0614. The fraction of sp³-hybridized carbons (Fsp3) is 0.879. The van der Waals surface area contributed by atoms with E-state index in [0.29, 0.717) is 25.7 Å². The number of fused-ring (bicyclic) bond motifs is 5. The second-order valence-electron chi connectivity index (χ2n) is 15.9. The fourth-order valence-corrected chi connectivity index (χ4v) is 11.4. The van der Waals surface area contributed by atoms with Crippen LogP contribution in [0.5, 0.6) is 0 Å². The van der Waals surface area contributed by atoms with Crippen LogP contribution >= 0.6 is 0 Å². The topological polar surface area (TPSA) is 206 Å². The van der Waals surface area contributed by atoms with Crippen LogP contribution < -0.4 is 0 Å². The standard InChI is InChI=1S/C33H54O13S2/c1-18(2)8-7-13-33(6,36)26-10-9-22-21-17-25(44-30-28(35)27(34)29(19(3)43-30)46-48(40,41)42)24-16-20(45-47(37,38)39)11-14-31(24,4)23(21)12-15-32(22,26)5/h8,12,19-22,24-30,34-36H,7,9-11,13-17H2,1-6H3,(H,37,38,39)(H,40,41,42)/t19-,20+,21?,22?,24-,25+,26+,27-,28-,29-,30+,31-,32+,33+/m1/s1. The molecule has 276 valence electrons. The first kappa shape index (κ1) is 38.3. The Bertz CT molecular complexity index is 1470. The van der Waals surface area contributed by atoms with Crippen LogP contribution in [0.3, 0.4) is 0 Å². The van der Waals surface area contributed by atoms with Crippen LogP contribution in [0.2, 0.25) is 0 Å². The van der Waals surface area contributed by atoms with Crippen molar-refractivity contribution >= 4 is 20.8 Å². The van der Waals surface area contributed by atoms with Gasteiger partial charge < -0.3 is 24.8 Å². The third-order valence-corrected chi connectivity index (χ3v) is 13.5. The molecule has 2 unspecified atom stereocenters. The van der Waals surface area contributed by atoms with Gasteiger partial charge in [0.2, 0.25) is 0 Å². The number of ether oxygens (including phenoxy) is 2. The number of hydrogen-bond donors (Lipinski definition) is 5. The zero-order chi connectivity index (χ0) is 35.6. The van der Waals surface area contributed by atoms with Gasteiger partial charge in [0.1, 0.15) is 18.3 Å². The normalized spacial score (nSPS) is 44.5. The summed E-state index contributed by atoms with van der Waals surface area (Å²) in [5.41, 5.74) is 1.00. The Hall–Kier alpha value is -0.980. The van der Waals surface area contributed by atoms with Crippen molar-refractivity contribution in [2.45, 2.75) is 148 Å². The smallest absolute Gasteiger partial charge is 0.390 e. The Morgan fingerprint density at radius 3 is 2.31 bits per heavy atom. The first-order chi connectivity index (χ1) is 22.1. The Morgan fingerprint density at radius 1 is 1.02 bits per heavy atom. The van der Waals surface area contributed by atoms with E-state index in [4.69, 9.17) is 13.7 Å². The van der Waals surface area contributed by atoms with E-state index in [1.165, 1.54) is 18.1 Å². The van der Waals surface area contributed by atoms with E-state index in [9.17, 15) is 41.3 Å². The maximum Gasteiger partial charge on any atom is 0.397 e. The summed E-state index contributed by atoms with van der Waals surface area (Å²) in [7, 11) is -9.67. The Morgan fingerprint density at radius 2 is 1.69 bits per heavy atom. The first-order valence-corrected chi connectivity index (χ1v) is 19.8. The van der Waals surface area contributed by atoms with Gasteiger partial charge in [0.25, 0.3) is 0 Å². The Labute approximate surface area is 285 Å². The highest BCUT2D eigenvalue weighted by molar-refractivity contribution is 7.81. The molecule has 4 aliphatic carbocycles. The maximum absolute atomic E-state index is 11.8. The van der Waals surface area contributed by atoms with Crippen LogP contribution in [0.25, 0.3) is 0 Å². The molecule has 48 heavy (non-hydrogen) atoms. The van der Waals surface area contributed by atoms with Gasteiger partial charge in [-0.1, -0.05) is 37.1 Å². The van der Waals surface area contributed by atoms with Crippen LogP contribution in [0, 0.1) is 34.5 Å². The molecule has 5 aliphatic rings. The molecule has 15 heteroatoms. The van der Waals surface area contributed by atoms with Crippen LogP contribution in [0.15, 0.2) is 23.3 Å². The lowest BCUT2D eigenvalue weighted by molar-refractivity contribution is -0.312. The van der Waals surface area contributed by atoms with Crippen LogP contribution in [0.1, 0.15) is 99.3 Å². The van der Waals surface area contributed by atoms with E-state index in [2.05, 4.69) is 44.0 Å². The van der Waals surface area contributed by atoms with Crippen molar-refractivity contribution in [3.63, 3.8) is 0 Å². The lowest BCUT2D eigenvalue weighted by Crippen LogP contribution is -2.61. The molecule has 5 rings (SSSR count). The van der Waals surface area contributed by atoms with E-state index < -0.39 is 74.7 Å². The number of aliphatic hydroxyl groups excluding tert-OH is 2. The highest BCUT2D eigenvalue weighted by Crippen LogP contribution is 2.67. The van der Waals surface area contributed by atoms with Gasteiger partial charge in [0, 0.05) is 0 Å². The Kier molecular flexibility index (Phi) is 10.8. The zero-order valence-electron chi connectivity index (χ0n) is 28.7. The van der Waals surface area contributed by atoms with E-state index in [0.717, 1.165) is 25.7 Å². The van der Waals surface area contributed by atoms with Crippen molar-refractivity contribution in [1.82, 2.24) is 0 Å². The van der Waals surface area contributed by atoms with Gasteiger partial charge in [0.05, 0.1) is 23.9 Å². The quantitative estimate of drug-likeness (QED) is 0.160. The molecule has 0 spiro atoms. The van der Waals surface area contributed by atoms with Gasteiger partial charge in [0.15, 0.2) is 6.29 Å². The summed E-state index contributed by atoms with van der Waals surface area (Å²) in [5.74, 6) is 0.0411. The minimum Gasteiger partial charge on any atom is -0.390 e. The summed E-state index contributed by atoms with van der Waals surface area (Å²) in [6.45, 7) is 11.9. The highest BCUT2D eigenvalue weighted by Gasteiger charge is 2.62. The number of rotatable bonds is 10. The maximum atomic E-state index is 11.8. The molecule has 1 aliphatic heterocycles. The summed E-state index contributed by atoms with van der Waals surface area (Å²) in [6.07, 6.45) is 1.25. The lowest BCUT2D eigenvalue weighted by atomic mass is 9.47. The van der Waals surface area contributed by atoms with Crippen LogP contribution in [-0.2, 0) is 38.6 Å². The van der Waals surface area contributed by atoms with Crippen molar-refractivity contribution < 1.29 is 59.1 Å². The summed E-state index contributed by atoms with van der Waals surface area (Å²) in [6, 6.07) is 0. The number of hydrogen-bond acceptors (Lipinski definition) is 11. The molecule has 5 N–H and O–H groups in total. The monoisotopic (exact) mass is 722 g/mol. The lowest BCUT2D eigenvalue weighted by Gasteiger charge is -2.60. The predicted octanol–water partition coefficient (Wildman–Crippen LogP) is 3.90. The first-order valence-electron chi connectivity index (χ1n) is 17.1. The van der Waals surface area contributed by atoms with Crippen LogP contribution in [-0.4, -0.2) is 89.8 Å². The highest BCUT2D eigenvalue weighted by atomic mass is 32.3. The molecule has 1 heterocycles. The molecule has 0 aromatic rings. The minimum atomic E-state index is -4.96. The molecule has 0 bridgehead atoms. The van der Waals surface area contributed by atoms with Crippen molar-refractivity contribution in [3.05, 3.63) is 23.3 Å². The van der Waals surface area contributed by atoms with E-state index in [-0.39, 0.29) is 35.5 Å². The summed E-state index contributed by atoms with van der Waals surface area (Å²) in [4.78, 5) is 0. The van der Waals surface area contributed by atoms with Crippen molar-refractivity contribution in [1.29, 1.82) is 0 Å². The molecule has 3 saturated carbocycles. The van der Waals surface area contributed by atoms with Gasteiger partial charge in [-0.2, -0.15) is 16.8 Å². The van der Waals surface area contributed by atoms with Crippen molar-refractivity contribution in [2.75, 3.05) is 0 Å². The largest absolute Gasteiger partial charge is 0.397 e. The van der Waals surface area contributed by atoms with Gasteiger partial charge in [-0.25, -0.2) is 8.37 Å². The molecule has 1 saturated heterocycles. The third kappa shape index (κ3) is 7.62. The zero-order valence-corrected chi connectivity index (χ0v) is 30.3. The van der Waals surface area contributed by atoms with Gasteiger partial charge in [-0.3, -0.25) is 9.11 Å². The van der Waals surface area contributed by atoms with Crippen molar-refractivity contribution in [3.8, 4) is 0 Å². The molecule has 4 fully saturated rings. The summed E-state index contributed by atoms with van der Waals surface area (Å²) >= 11 is 0. The summed E-state index contributed by atoms with van der Waals surface area (Å²) in [5, 5.41) is 33.7. The molecule has 0 aromatic carbocycles.